The highest BCUT2D eigenvalue weighted by Crippen LogP contribution is 2.30. The molecule has 0 spiro atoms. The number of rotatable bonds is 2. The van der Waals surface area contributed by atoms with E-state index in [1.807, 2.05) is 6.07 Å². The molecule has 0 unspecified atom stereocenters. The van der Waals surface area contributed by atoms with Crippen molar-refractivity contribution in [1.82, 2.24) is 0 Å². The van der Waals surface area contributed by atoms with E-state index in [4.69, 9.17) is 0 Å². The quantitative estimate of drug-likeness (QED) is 0.521. The molecule has 0 atom stereocenters. The number of nitro benzene ring substituents is 1. The van der Waals surface area contributed by atoms with Crippen molar-refractivity contribution in [2.24, 2.45) is 0 Å². The van der Waals surface area contributed by atoms with E-state index in [0.29, 0.717) is 17.8 Å². The molecule has 0 aliphatic carbocycles. The summed E-state index contributed by atoms with van der Waals surface area (Å²) in [4.78, 5) is 20.8. The first-order valence-corrected chi connectivity index (χ1v) is 6.26. The fourth-order valence-electron chi connectivity index (χ4n) is 1.88. The Morgan fingerprint density at radius 1 is 1.24 bits per heavy atom. The molecule has 6 nitrogen and oxygen atoms in total. The Morgan fingerprint density at radius 3 is 2.57 bits per heavy atom. The van der Waals surface area contributed by atoms with Gasteiger partial charge in [0.15, 0.2) is 0 Å². The molecule has 2 aromatic rings. The number of benzene rings is 2. The summed E-state index contributed by atoms with van der Waals surface area (Å²) in [5.41, 5.74) is 2.48. The van der Waals surface area contributed by atoms with Crippen molar-refractivity contribution in [3.63, 3.8) is 0 Å². The van der Waals surface area contributed by atoms with E-state index in [2.05, 4.69) is 10.1 Å². The second-order valence-corrected chi connectivity index (χ2v) is 4.32. The largest absolute Gasteiger partial charge is 0.465 e. The van der Waals surface area contributed by atoms with Gasteiger partial charge in [0.05, 0.1) is 17.6 Å². The van der Waals surface area contributed by atoms with Crippen LogP contribution in [-0.2, 0) is 11.3 Å². The molecule has 0 saturated heterocycles. The minimum absolute atomic E-state index is 0.159. The fraction of sp³-hybridized carbons (Fsp3) is 0.133. The van der Waals surface area contributed by atoms with Crippen molar-refractivity contribution in [3.8, 4) is 0 Å². The van der Waals surface area contributed by atoms with E-state index in [-0.39, 0.29) is 16.6 Å². The Hall–Kier alpha value is -2.89. The minimum atomic E-state index is -0.378. The number of nitro groups is 1. The predicted molar refractivity (Wildman–Crippen MR) is 78.2 cm³/mol. The Balaban J connectivity index is 0.000000155. The van der Waals surface area contributed by atoms with E-state index < -0.39 is 0 Å². The number of carbonyl (C=O) groups excluding carboxylic acids is 1. The van der Waals surface area contributed by atoms with Gasteiger partial charge < -0.3 is 10.1 Å². The molecule has 0 radical (unpaired) electrons. The van der Waals surface area contributed by atoms with E-state index >= 15 is 0 Å². The van der Waals surface area contributed by atoms with Gasteiger partial charge in [0.2, 0.25) is 0 Å². The molecule has 3 rings (SSSR count). The normalized spacial score (nSPS) is 10.9. The van der Waals surface area contributed by atoms with Crippen LogP contribution in [0.1, 0.15) is 15.9 Å². The van der Waals surface area contributed by atoms with Crippen molar-refractivity contribution in [2.75, 3.05) is 12.4 Å². The van der Waals surface area contributed by atoms with Crippen LogP contribution in [0.15, 0.2) is 48.5 Å². The molecular formula is C15H14N2O4. The van der Waals surface area contributed by atoms with Gasteiger partial charge in [-0.1, -0.05) is 24.3 Å². The standard InChI is InChI=1S/C8H8O2.C7H6N2O2/c1-10-8(9)7-5-3-2-4-6-7;10-9(11)7-2-1-5-3-6(7)8-4-5/h2-6H,1H3;1-3,8H,4H2. The molecule has 2 bridgehead atoms. The summed E-state index contributed by atoms with van der Waals surface area (Å²) in [5.74, 6) is -0.291. The lowest BCUT2D eigenvalue weighted by atomic mass is 10.2. The van der Waals surface area contributed by atoms with Crippen LogP contribution in [0.2, 0.25) is 0 Å². The lowest BCUT2D eigenvalue weighted by Crippen LogP contribution is -1.99. The average molecular weight is 286 g/mol. The average Bonchev–Trinajstić information content (AvgIpc) is 2.88. The molecule has 1 heterocycles. The summed E-state index contributed by atoms with van der Waals surface area (Å²) >= 11 is 0. The number of nitrogens with one attached hydrogen (secondary N) is 1. The van der Waals surface area contributed by atoms with Crippen molar-refractivity contribution < 1.29 is 14.5 Å². The maximum Gasteiger partial charge on any atom is 0.337 e. The maximum absolute atomic E-state index is 10.8. The van der Waals surface area contributed by atoms with Crippen LogP contribution in [0.5, 0.6) is 0 Å². The molecule has 2 aromatic carbocycles. The Labute approximate surface area is 121 Å². The number of fused-ring (bicyclic) bond motifs is 2. The smallest absolute Gasteiger partial charge is 0.337 e. The van der Waals surface area contributed by atoms with E-state index in [9.17, 15) is 14.9 Å². The van der Waals surface area contributed by atoms with Crippen LogP contribution in [0.3, 0.4) is 0 Å². The number of esters is 1. The zero-order chi connectivity index (χ0) is 15.2. The van der Waals surface area contributed by atoms with Gasteiger partial charge in [-0.3, -0.25) is 10.1 Å². The fourth-order valence-corrected chi connectivity index (χ4v) is 1.88. The minimum Gasteiger partial charge on any atom is -0.465 e. The van der Waals surface area contributed by atoms with Gasteiger partial charge in [0, 0.05) is 12.6 Å². The van der Waals surface area contributed by atoms with Crippen LogP contribution >= 0.6 is 0 Å². The topological polar surface area (TPSA) is 81.5 Å². The third-order valence-corrected chi connectivity index (χ3v) is 2.94. The van der Waals surface area contributed by atoms with Crippen LogP contribution in [0.4, 0.5) is 11.4 Å². The molecule has 0 aromatic heterocycles. The number of hydrogen-bond acceptors (Lipinski definition) is 5. The third kappa shape index (κ3) is 3.56. The Bertz CT molecular complexity index is 656. The molecule has 108 valence electrons. The van der Waals surface area contributed by atoms with E-state index in [0.717, 1.165) is 5.56 Å². The molecular weight excluding hydrogens is 272 g/mol. The van der Waals surface area contributed by atoms with Gasteiger partial charge >= 0.3 is 5.97 Å². The SMILES string of the molecule is COC(=O)c1ccccc1.O=[N+]([O-])c1ccc2cc1NC2. The first kappa shape index (κ1) is 14.5. The van der Waals surface area contributed by atoms with Gasteiger partial charge in [0.1, 0.15) is 5.69 Å². The van der Waals surface area contributed by atoms with Crippen LogP contribution in [-0.4, -0.2) is 18.0 Å². The molecule has 6 heteroatoms. The van der Waals surface area contributed by atoms with Gasteiger partial charge in [-0.05, 0) is 23.8 Å². The highest BCUT2D eigenvalue weighted by atomic mass is 16.6. The number of ether oxygens (including phenoxy) is 1. The van der Waals surface area contributed by atoms with E-state index in [1.165, 1.54) is 13.2 Å². The maximum atomic E-state index is 10.8. The molecule has 1 N–H and O–H groups in total. The number of hydrogen-bond donors (Lipinski definition) is 1. The van der Waals surface area contributed by atoms with Crippen molar-refractivity contribution in [2.45, 2.75) is 6.54 Å². The zero-order valence-electron chi connectivity index (χ0n) is 11.4. The second-order valence-electron chi connectivity index (χ2n) is 4.32. The summed E-state index contributed by atoms with van der Waals surface area (Å²) in [7, 11) is 1.37. The first-order chi connectivity index (χ1) is 10.1. The summed E-state index contributed by atoms with van der Waals surface area (Å²) in [6.07, 6.45) is 0. The van der Waals surface area contributed by atoms with Crippen LogP contribution < -0.4 is 5.32 Å². The number of carbonyl (C=O) groups is 1. The van der Waals surface area contributed by atoms with Gasteiger partial charge in [-0.25, -0.2) is 4.79 Å². The molecule has 0 saturated carbocycles. The summed E-state index contributed by atoms with van der Waals surface area (Å²) in [5, 5.41) is 13.3. The predicted octanol–water partition coefficient (Wildman–Crippen LogP) is 2.99. The molecule has 21 heavy (non-hydrogen) atoms. The van der Waals surface area contributed by atoms with E-state index in [1.54, 1.807) is 36.4 Å². The number of methoxy groups -OCH3 is 1. The van der Waals surface area contributed by atoms with Crippen molar-refractivity contribution in [3.05, 3.63) is 69.8 Å². The lowest BCUT2D eigenvalue weighted by molar-refractivity contribution is -0.383. The molecule has 1 aliphatic rings. The van der Waals surface area contributed by atoms with Crippen molar-refractivity contribution >= 4 is 17.3 Å². The monoisotopic (exact) mass is 286 g/mol. The van der Waals surface area contributed by atoms with Crippen LogP contribution in [0.25, 0.3) is 0 Å². The summed E-state index contributed by atoms with van der Waals surface area (Å²) in [6.45, 7) is 0.711. The highest BCUT2D eigenvalue weighted by molar-refractivity contribution is 5.89. The zero-order valence-corrected chi connectivity index (χ0v) is 11.4. The lowest BCUT2D eigenvalue weighted by Gasteiger charge is -1.95. The first-order valence-electron chi connectivity index (χ1n) is 6.26. The van der Waals surface area contributed by atoms with Crippen molar-refractivity contribution in [1.29, 1.82) is 0 Å². The van der Waals surface area contributed by atoms with Gasteiger partial charge in [-0.2, -0.15) is 0 Å². The highest BCUT2D eigenvalue weighted by Gasteiger charge is 2.17. The molecule has 1 aliphatic heterocycles. The van der Waals surface area contributed by atoms with Gasteiger partial charge in [0.25, 0.3) is 5.69 Å². The number of nitrogens with zero attached hydrogens (tertiary/aromatic N) is 1. The Morgan fingerprint density at radius 2 is 1.95 bits per heavy atom. The third-order valence-electron chi connectivity index (χ3n) is 2.94. The number of anilines is 1. The molecule has 0 amide bonds. The van der Waals surface area contributed by atoms with Crippen LogP contribution in [0, 0.1) is 10.1 Å². The van der Waals surface area contributed by atoms with Gasteiger partial charge in [-0.15, -0.1) is 0 Å². The summed E-state index contributed by atoms with van der Waals surface area (Å²) < 4.78 is 4.50. The molecule has 0 fully saturated rings. The Kier molecular flexibility index (Phi) is 4.50. The second kappa shape index (κ2) is 6.51. The summed E-state index contributed by atoms with van der Waals surface area (Å²) in [6, 6.07) is 14.0.